The molecule has 0 spiro atoms. The molecule has 1 aromatic heterocycles. The normalized spacial score (nSPS) is 10.4. The molecule has 0 bridgehead atoms. The molecule has 0 unspecified atom stereocenters. The minimum Gasteiger partial charge on any atom is -0.356 e. The van der Waals surface area contributed by atoms with Crippen LogP contribution >= 0.6 is 39.1 Å². The Morgan fingerprint density at radius 3 is 2.59 bits per heavy atom. The van der Waals surface area contributed by atoms with Gasteiger partial charge in [-0.05, 0) is 40.2 Å². The first-order chi connectivity index (χ1) is 10.4. The summed E-state index contributed by atoms with van der Waals surface area (Å²) in [6.07, 6.45) is 1.65. The molecular weight excluding hydrogens is 393 g/mol. The number of amides is 2. The van der Waals surface area contributed by atoms with Crippen molar-refractivity contribution in [3.05, 3.63) is 50.7 Å². The summed E-state index contributed by atoms with van der Waals surface area (Å²) in [5.74, 6) is -0.616. The van der Waals surface area contributed by atoms with Crippen LogP contribution in [-0.4, -0.2) is 35.3 Å². The summed E-state index contributed by atoms with van der Waals surface area (Å²) in [5.41, 5.74) is 0.916. The molecule has 0 radical (unpaired) electrons. The number of likely N-dealkylation sites (N-methyl/N-ethyl adjacent to an activating group) is 1. The standard InChI is InChI=1S/C14H12BrCl2N3O2/c1-20(14(22)12-4-8(15)6-18-12)7-13(21)19-9-2-3-10(16)11(17)5-9/h2-6,18H,7H2,1H3,(H,19,21). The Morgan fingerprint density at radius 1 is 1.27 bits per heavy atom. The zero-order valence-corrected chi connectivity index (χ0v) is 14.6. The number of carbonyl (C=O) groups is 2. The highest BCUT2D eigenvalue weighted by Gasteiger charge is 2.16. The lowest BCUT2D eigenvalue weighted by Gasteiger charge is -2.16. The summed E-state index contributed by atoms with van der Waals surface area (Å²) in [5, 5.41) is 3.41. The first kappa shape index (κ1) is 16.9. The smallest absolute Gasteiger partial charge is 0.270 e. The minimum atomic E-state index is -0.333. The second-order valence-electron chi connectivity index (χ2n) is 4.57. The predicted octanol–water partition coefficient (Wildman–Crippen LogP) is 3.79. The average molecular weight is 405 g/mol. The van der Waals surface area contributed by atoms with Crippen molar-refractivity contribution in [2.45, 2.75) is 0 Å². The number of halogens is 3. The van der Waals surface area contributed by atoms with E-state index in [-0.39, 0.29) is 18.4 Å². The monoisotopic (exact) mass is 403 g/mol. The maximum absolute atomic E-state index is 12.1. The Morgan fingerprint density at radius 2 is 2.00 bits per heavy atom. The Balaban J connectivity index is 1.96. The summed E-state index contributed by atoms with van der Waals surface area (Å²) in [6.45, 7) is -0.0876. The summed E-state index contributed by atoms with van der Waals surface area (Å²) in [4.78, 5) is 28.2. The van der Waals surface area contributed by atoms with Gasteiger partial charge in [0.05, 0.1) is 16.6 Å². The largest absolute Gasteiger partial charge is 0.356 e. The van der Waals surface area contributed by atoms with Crippen LogP contribution in [0.4, 0.5) is 5.69 Å². The van der Waals surface area contributed by atoms with Crippen LogP contribution in [0.5, 0.6) is 0 Å². The molecule has 0 fully saturated rings. The second kappa shape index (κ2) is 7.17. The minimum absolute atomic E-state index is 0.0876. The lowest BCUT2D eigenvalue weighted by atomic mass is 10.3. The Bertz CT molecular complexity index is 718. The molecule has 0 atom stereocenters. The van der Waals surface area contributed by atoms with Gasteiger partial charge in [-0.3, -0.25) is 9.59 Å². The highest BCUT2D eigenvalue weighted by molar-refractivity contribution is 9.10. The number of anilines is 1. The SMILES string of the molecule is CN(CC(=O)Nc1ccc(Cl)c(Cl)c1)C(=O)c1cc(Br)c[nH]1. The third-order valence-electron chi connectivity index (χ3n) is 2.81. The third kappa shape index (κ3) is 4.25. The Labute approximate surface area is 145 Å². The molecule has 0 aliphatic rings. The summed E-state index contributed by atoms with van der Waals surface area (Å²) in [7, 11) is 1.55. The number of nitrogens with zero attached hydrogens (tertiary/aromatic N) is 1. The van der Waals surface area contributed by atoms with E-state index < -0.39 is 0 Å². The van der Waals surface area contributed by atoms with E-state index in [0.29, 0.717) is 21.4 Å². The van der Waals surface area contributed by atoms with Crippen LogP contribution in [0.1, 0.15) is 10.5 Å². The van der Waals surface area contributed by atoms with Gasteiger partial charge in [0.25, 0.3) is 5.91 Å². The van der Waals surface area contributed by atoms with Crippen molar-refractivity contribution >= 4 is 56.6 Å². The van der Waals surface area contributed by atoms with Crippen molar-refractivity contribution in [2.24, 2.45) is 0 Å². The maximum atomic E-state index is 12.1. The van der Waals surface area contributed by atoms with Gasteiger partial charge >= 0.3 is 0 Å². The van der Waals surface area contributed by atoms with Crippen molar-refractivity contribution in [3.8, 4) is 0 Å². The third-order valence-corrected chi connectivity index (χ3v) is 4.01. The fourth-order valence-corrected chi connectivity index (χ4v) is 2.40. The Hall–Kier alpha value is -1.50. The second-order valence-corrected chi connectivity index (χ2v) is 6.30. The molecule has 2 amide bonds. The van der Waals surface area contributed by atoms with E-state index in [0.717, 1.165) is 4.47 Å². The summed E-state index contributed by atoms with van der Waals surface area (Å²) in [6, 6.07) is 6.42. The molecule has 2 aromatic rings. The molecule has 22 heavy (non-hydrogen) atoms. The molecule has 0 saturated carbocycles. The van der Waals surface area contributed by atoms with Crippen LogP contribution in [0.2, 0.25) is 10.0 Å². The number of hydrogen-bond acceptors (Lipinski definition) is 2. The van der Waals surface area contributed by atoms with Crippen molar-refractivity contribution in [3.63, 3.8) is 0 Å². The molecule has 2 rings (SSSR count). The fraction of sp³-hybridized carbons (Fsp3) is 0.143. The number of hydrogen-bond donors (Lipinski definition) is 2. The topological polar surface area (TPSA) is 65.2 Å². The number of nitrogens with one attached hydrogen (secondary N) is 2. The van der Waals surface area contributed by atoms with E-state index >= 15 is 0 Å². The van der Waals surface area contributed by atoms with Gasteiger partial charge < -0.3 is 15.2 Å². The zero-order valence-electron chi connectivity index (χ0n) is 11.5. The van der Waals surface area contributed by atoms with Crippen LogP contribution in [0.25, 0.3) is 0 Å². The van der Waals surface area contributed by atoms with Gasteiger partial charge in [-0.15, -0.1) is 0 Å². The van der Waals surface area contributed by atoms with Gasteiger partial charge in [0.15, 0.2) is 0 Å². The quantitative estimate of drug-likeness (QED) is 0.813. The first-order valence-electron chi connectivity index (χ1n) is 6.21. The van der Waals surface area contributed by atoms with Gasteiger partial charge in [-0.1, -0.05) is 23.2 Å². The molecule has 1 heterocycles. The van der Waals surface area contributed by atoms with Crippen molar-refractivity contribution in [1.82, 2.24) is 9.88 Å². The molecule has 5 nitrogen and oxygen atoms in total. The molecular formula is C14H12BrCl2N3O2. The molecule has 0 aliphatic carbocycles. The van der Waals surface area contributed by atoms with E-state index in [1.165, 1.54) is 4.90 Å². The van der Waals surface area contributed by atoms with E-state index in [4.69, 9.17) is 23.2 Å². The molecule has 0 aliphatic heterocycles. The summed E-state index contributed by atoms with van der Waals surface area (Å²) < 4.78 is 0.768. The Kier molecular flexibility index (Phi) is 5.50. The van der Waals surface area contributed by atoms with E-state index in [2.05, 4.69) is 26.2 Å². The lowest BCUT2D eigenvalue weighted by molar-refractivity contribution is -0.116. The van der Waals surface area contributed by atoms with Crippen LogP contribution in [-0.2, 0) is 4.79 Å². The number of aromatic nitrogens is 1. The summed E-state index contributed by atoms with van der Waals surface area (Å²) >= 11 is 14.9. The zero-order chi connectivity index (χ0) is 16.3. The predicted molar refractivity (Wildman–Crippen MR) is 90.5 cm³/mol. The number of benzene rings is 1. The van der Waals surface area contributed by atoms with Gasteiger partial charge in [-0.25, -0.2) is 0 Å². The van der Waals surface area contributed by atoms with Gasteiger partial charge in [0, 0.05) is 23.4 Å². The number of H-pyrrole nitrogens is 1. The van der Waals surface area contributed by atoms with E-state index in [1.807, 2.05) is 0 Å². The van der Waals surface area contributed by atoms with E-state index in [9.17, 15) is 9.59 Å². The maximum Gasteiger partial charge on any atom is 0.270 e. The highest BCUT2D eigenvalue weighted by atomic mass is 79.9. The number of aromatic amines is 1. The van der Waals surface area contributed by atoms with Gasteiger partial charge in [0.2, 0.25) is 5.91 Å². The lowest BCUT2D eigenvalue weighted by Crippen LogP contribution is -2.35. The van der Waals surface area contributed by atoms with Gasteiger partial charge in [0.1, 0.15) is 5.69 Å². The number of rotatable bonds is 4. The number of carbonyl (C=O) groups excluding carboxylic acids is 2. The fourth-order valence-electron chi connectivity index (χ4n) is 1.76. The molecule has 2 N–H and O–H groups in total. The van der Waals surface area contributed by atoms with Crippen molar-refractivity contribution in [2.75, 3.05) is 18.9 Å². The average Bonchev–Trinajstić information content (AvgIpc) is 2.88. The van der Waals surface area contributed by atoms with Crippen LogP contribution in [0.3, 0.4) is 0 Å². The van der Waals surface area contributed by atoms with Crippen LogP contribution in [0, 0.1) is 0 Å². The molecule has 116 valence electrons. The van der Waals surface area contributed by atoms with Gasteiger partial charge in [-0.2, -0.15) is 0 Å². The highest BCUT2D eigenvalue weighted by Crippen LogP contribution is 2.24. The van der Waals surface area contributed by atoms with Crippen molar-refractivity contribution in [1.29, 1.82) is 0 Å². The van der Waals surface area contributed by atoms with Crippen LogP contribution in [0.15, 0.2) is 34.9 Å². The molecule has 1 aromatic carbocycles. The van der Waals surface area contributed by atoms with E-state index in [1.54, 1.807) is 37.5 Å². The van der Waals surface area contributed by atoms with Crippen LogP contribution < -0.4 is 5.32 Å². The molecule has 8 heteroatoms. The first-order valence-corrected chi connectivity index (χ1v) is 7.76. The van der Waals surface area contributed by atoms with Crippen molar-refractivity contribution < 1.29 is 9.59 Å². The molecule has 0 saturated heterocycles.